The Morgan fingerprint density at radius 1 is 1.15 bits per heavy atom. The van der Waals surface area contributed by atoms with Gasteiger partial charge in [-0.2, -0.15) is 13.2 Å². The third-order valence-electron chi connectivity index (χ3n) is 2.80. The molecule has 1 atom stereocenters. The van der Waals surface area contributed by atoms with Gasteiger partial charge in [0, 0.05) is 12.5 Å². The summed E-state index contributed by atoms with van der Waals surface area (Å²) in [4.78, 5) is 0. The molecule has 0 saturated heterocycles. The Morgan fingerprint density at radius 2 is 1.60 bits per heavy atom. The summed E-state index contributed by atoms with van der Waals surface area (Å²) >= 11 is 0. The van der Waals surface area contributed by atoms with Crippen LogP contribution in [-0.4, -0.2) is 20.4 Å². The summed E-state index contributed by atoms with van der Waals surface area (Å²) in [6, 6.07) is 2.67. The Bertz CT molecular complexity index is 413. The van der Waals surface area contributed by atoms with Crippen LogP contribution in [0.15, 0.2) is 12.1 Å². The first-order valence-electron chi connectivity index (χ1n) is 5.83. The van der Waals surface area contributed by atoms with Gasteiger partial charge >= 0.3 is 6.18 Å². The van der Waals surface area contributed by atoms with Crippen LogP contribution < -0.4 is 15.2 Å². The molecule has 0 heterocycles. The average Bonchev–Trinajstić information content (AvgIpc) is 2.33. The maximum atomic E-state index is 12.2. The molecule has 20 heavy (non-hydrogen) atoms. The first-order valence-corrected chi connectivity index (χ1v) is 5.83. The van der Waals surface area contributed by atoms with Crippen LogP contribution in [0.2, 0.25) is 0 Å². The van der Waals surface area contributed by atoms with Gasteiger partial charge in [0.2, 0.25) is 0 Å². The monoisotopic (exact) mass is 313 g/mol. The SMILES string of the molecule is COc1cc(C)cc(OC)c1[C@@H](N)CCC(F)(F)F.Cl. The molecular formula is C13H19ClF3NO2. The van der Waals surface area contributed by atoms with E-state index in [-0.39, 0.29) is 18.8 Å². The minimum absolute atomic E-state index is 0. The normalized spacial score (nSPS) is 12.6. The largest absolute Gasteiger partial charge is 0.496 e. The highest BCUT2D eigenvalue weighted by atomic mass is 35.5. The summed E-state index contributed by atoms with van der Waals surface area (Å²) in [5.41, 5.74) is 7.21. The van der Waals surface area contributed by atoms with Crippen LogP contribution in [0.25, 0.3) is 0 Å². The number of rotatable bonds is 5. The highest BCUT2D eigenvalue weighted by Gasteiger charge is 2.29. The van der Waals surface area contributed by atoms with E-state index in [1.54, 1.807) is 12.1 Å². The van der Waals surface area contributed by atoms with Crippen molar-refractivity contribution in [1.29, 1.82) is 0 Å². The minimum atomic E-state index is -4.22. The number of aryl methyl sites for hydroxylation is 1. The molecule has 0 fully saturated rings. The Kier molecular flexibility index (Phi) is 7.16. The lowest BCUT2D eigenvalue weighted by molar-refractivity contribution is -0.136. The van der Waals surface area contributed by atoms with E-state index in [1.165, 1.54) is 14.2 Å². The molecule has 1 aromatic carbocycles. The van der Waals surface area contributed by atoms with Crippen LogP contribution >= 0.6 is 12.4 Å². The van der Waals surface area contributed by atoms with Crippen molar-refractivity contribution in [1.82, 2.24) is 0 Å². The van der Waals surface area contributed by atoms with Gasteiger partial charge in [0.15, 0.2) is 0 Å². The maximum Gasteiger partial charge on any atom is 0.389 e. The number of hydrogen-bond donors (Lipinski definition) is 1. The Balaban J connectivity index is 0.00000361. The van der Waals surface area contributed by atoms with Gasteiger partial charge in [-0.15, -0.1) is 12.4 Å². The number of alkyl halides is 3. The fourth-order valence-electron chi connectivity index (χ4n) is 1.90. The molecule has 1 rings (SSSR count). The van der Waals surface area contributed by atoms with E-state index in [0.717, 1.165) is 5.56 Å². The first-order chi connectivity index (χ1) is 8.78. The summed E-state index contributed by atoms with van der Waals surface area (Å²) < 4.78 is 47.1. The van der Waals surface area contributed by atoms with Crippen molar-refractivity contribution in [3.8, 4) is 11.5 Å². The van der Waals surface area contributed by atoms with E-state index in [2.05, 4.69) is 0 Å². The van der Waals surface area contributed by atoms with Gasteiger partial charge in [-0.25, -0.2) is 0 Å². The van der Waals surface area contributed by atoms with E-state index in [9.17, 15) is 13.2 Å². The lowest BCUT2D eigenvalue weighted by Gasteiger charge is -2.20. The third-order valence-corrected chi connectivity index (χ3v) is 2.80. The molecule has 0 aliphatic carbocycles. The molecule has 0 unspecified atom stereocenters. The zero-order valence-electron chi connectivity index (χ0n) is 11.6. The lowest BCUT2D eigenvalue weighted by Crippen LogP contribution is -2.17. The van der Waals surface area contributed by atoms with Gasteiger partial charge in [0.05, 0.1) is 19.8 Å². The van der Waals surface area contributed by atoms with Crippen LogP contribution in [0.1, 0.15) is 30.0 Å². The predicted octanol–water partition coefficient (Wildman–Crippen LogP) is 3.78. The molecule has 0 spiro atoms. The number of hydrogen-bond acceptors (Lipinski definition) is 3. The summed E-state index contributed by atoms with van der Waals surface area (Å²) in [5.74, 6) is 0.901. The van der Waals surface area contributed by atoms with E-state index < -0.39 is 18.6 Å². The maximum absolute atomic E-state index is 12.2. The quantitative estimate of drug-likeness (QED) is 0.900. The third kappa shape index (κ3) is 5.09. The molecular weight excluding hydrogens is 295 g/mol. The molecule has 0 amide bonds. The minimum Gasteiger partial charge on any atom is -0.496 e. The van der Waals surface area contributed by atoms with E-state index >= 15 is 0 Å². The highest BCUT2D eigenvalue weighted by Crippen LogP contribution is 2.37. The van der Waals surface area contributed by atoms with E-state index in [1.807, 2.05) is 6.92 Å². The highest BCUT2D eigenvalue weighted by molar-refractivity contribution is 5.85. The fourth-order valence-corrected chi connectivity index (χ4v) is 1.90. The van der Waals surface area contributed by atoms with Crippen molar-refractivity contribution in [3.63, 3.8) is 0 Å². The van der Waals surface area contributed by atoms with E-state index in [4.69, 9.17) is 15.2 Å². The van der Waals surface area contributed by atoms with Crippen LogP contribution in [0.4, 0.5) is 13.2 Å². The van der Waals surface area contributed by atoms with Gasteiger partial charge in [0.1, 0.15) is 11.5 Å². The second-order valence-electron chi connectivity index (χ2n) is 4.34. The Labute approximate surface area is 122 Å². The number of benzene rings is 1. The fraction of sp³-hybridized carbons (Fsp3) is 0.538. The zero-order chi connectivity index (χ0) is 14.6. The predicted molar refractivity (Wildman–Crippen MR) is 73.7 cm³/mol. The van der Waals surface area contributed by atoms with Gasteiger partial charge in [0.25, 0.3) is 0 Å². The van der Waals surface area contributed by atoms with Crippen molar-refractivity contribution in [2.45, 2.75) is 32.0 Å². The van der Waals surface area contributed by atoms with Crippen LogP contribution in [0, 0.1) is 6.92 Å². The molecule has 0 radical (unpaired) electrons. The molecule has 0 saturated carbocycles. The summed E-state index contributed by atoms with van der Waals surface area (Å²) in [6.07, 6.45) is -5.36. The number of nitrogens with two attached hydrogens (primary N) is 1. The molecule has 0 aromatic heterocycles. The average molecular weight is 314 g/mol. The van der Waals surface area contributed by atoms with Gasteiger partial charge in [-0.1, -0.05) is 0 Å². The molecule has 0 aliphatic rings. The molecule has 1 aromatic rings. The number of ether oxygens (including phenoxy) is 2. The van der Waals surface area contributed by atoms with Crippen molar-refractivity contribution in [3.05, 3.63) is 23.3 Å². The van der Waals surface area contributed by atoms with Crippen LogP contribution in [0.3, 0.4) is 0 Å². The lowest BCUT2D eigenvalue weighted by atomic mass is 9.99. The zero-order valence-corrected chi connectivity index (χ0v) is 12.4. The first kappa shape index (κ1) is 18.9. The van der Waals surface area contributed by atoms with Gasteiger partial charge in [-0.3, -0.25) is 0 Å². The number of methoxy groups -OCH3 is 2. The van der Waals surface area contributed by atoms with E-state index in [0.29, 0.717) is 17.1 Å². The molecule has 3 nitrogen and oxygen atoms in total. The van der Waals surface area contributed by atoms with Crippen LogP contribution in [-0.2, 0) is 0 Å². The molecule has 116 valence electrons. The number of halogens is 4. The van der Waals surface area contributed by atoms with Crippen molar-refractivity contribution in [2.75, 3.05) is 14.2 Å². The topological polar surface area (TPSA) is 44.5 Å². The molecule has 0 bridgehead atoms. The molecule has 7 heteroatoms. The Morgan fingerprint density at radius 3 is 1.95 bits per heavy atom. The van der Waals surface area contributed by atoms with Crippen molar-refractivity contribution < 1.29 is 22.6 Å². The summed E-state index contributed by atoms with van der Waals surface area (Å²) in [6.45, 7) is 1.84. The molecule has 2 N–H and O–H groups in total. The Hall–Kier alpha value is -1.14. The smallest absolute Gasteiger partial charge is 0.389 e. The summed E-state index contributed by atoms with van der Waals surface area (Å²) in [5, 5.41) is 0. The second kappa shape index (κ2) is 7.59. The van der Waals surface area contributed by atoms with Gasteiger partial charge in [-0.05, 0) is 31.0 Å². The molecule has 0 aliphatic heterocycles. The van der Waals surface area contributed by atoms with Crippen molar-refractivity contribution in [2.24, 2.45) is 5.73 Å². The van der Waals surface area contributed by atoms with Crippen molar-refractivity contribution >= 4 is 12.4 Å². The summed E-state index contributed by atoms with van der Waals surface area (Å²) in [7, 11) is 2.91. The second-order valence-corrected chi connectivity index (χ2v) is 4.34. The standard InChI is InChI=1S/C13H18F3NO2.ClH/c1-8-6-10(18-2)12(11(7-8)19-3)9(17)4-5-13(14,15)16;/h6-7,9H,4-5,17H2,1-3H3;1H/t9-;/m0./s1. The van der Waals surface area contributed by atoms with Gasteiger partial charge < -0.3 is 15.2 Å². The van der Waals surface area contributed by atoms with Crippen LogP contribution in [0.5, 0.6) is 11.5 Å².